The Labute approximate surface area is 99.4 Å². The van der Waals surface area contributed by atoms with Gasteiger partial charge in [0.15, 0.2) is 11.6 Å². The number of hydrogen-bond donors (Lipinski definition) is 0. The molecule has 2 aromatic heterocycles. The van der Waals surface area contributed by atoms with E-state index in [4.69, 9.17) is 0 Å². The van der Waals surface area contributed by atoms with Crippen molar-refractivity contribution in [2.24, 2.45) is 0 Å². The molecule has 0 amide bonds. The van der Waals surface area contributed by atoms with Crippen LogP contribution in [-0.4, -0.2) is 14.5 Å². The Hall–Kier alpha value is -1.82. The van der Waals surface area contributed by atoms with E-state index in [9.17, 15) is 8.78 Å². The summed E-state index contributed by atoms with van der Waals surface area (Å²) in [6.07, 6.45) is 3.27. The highest BCUT2D eigenvalue weighted by Crippen LogP contribution is 2.19. The predicted molar refractivity (Wildman–Crippen MR) is 60.9 cm³/mol. The first-order chi connectivity index (χ1) is 8.24. The van der Waals surface area contributed by atoms with Crippen LogP contribution < -0.4 is 0 Å². The fraction of sp³-hybridized carbons (Fsp3) is 0.0909. The van der Waals surface area contributed by atoms with Gasteiger partial charge in [-0.05, 0) is 0 Å². The van der Waals surface area contributed by atoms with E-state index in [-0.39, 0.29) is 0 Å². The van der Waals surface area contributed by atoms with E-state index in [1.165, 1.54) is 11.3 Å². The quantitative estimate of drug-likeness (QED) is 0.701. The van der Waals surface area contributed by atoms with Crippen LogP contribution in [0.15, 0.2) is 30.0 Å². The first-order valence-electron chi connectivity index (χ1n) is 4.92. The molecule has 86 valence electrons. The minimum Gasteiger partial charge on any atom is -0.324 e. The maximum Gasteiger partial charge on any atom is 0.161 e. The van der Waals surface area contributed by atoms with Crippen LogP contribution in [-0.2, 0) is 6.54 Å². The number of nitrogens with zero attached hydrogens (tertiary/aromatic N) is 3. The van der Waals surface area contributed by atoms with Gasteiger partial charge in [0.05, 0.1) is 23.9 Å². The van der Waals surface area contributed by atoms with Gasteiger partial charge in [0.25, 0.3) is 0 Å². The Kier molecular flexibility index (Phi) is 2.36. The molecule has 1 aromatic carbocycles. The number of aromatic nitrogens is 3. The molecule has 0 unspecified atom stereocenters. The predicted octanol–water partition coefficient (Wildman–Crippen LogP) is 2.82. The minimum atomic E-state index is -0.878. The van der Waals surface area contributed by atoms with E-state index in [2.05, 4.69) is 9.97 Å². The van der Waals surface area contributed by atoms with E-state index in [1.807, 2.05) is 5.38 Å². The molecule has 0 bridgehead atoms. The summed E-state index contributed by atoms with van der Waals surface area (Å²) in [7, 11) is 0. The number of halogens is 2. The van der Waals surface area contributed by atoms with Crippen molar-refractivity contribution in [3.8, 4) is 0 Å². The molecule has 0 N–H and O–H groups in total. The van der Waals surface area contributed by atoms with Crippen LogP contribution in [0.25, 0.3) is 11.0 Å². The van der Waals surface area contributed by atoms with Gasteiger partial charge in [-0.1, -0.05) is 0 Å². The first kappa shape index (κ1) is 10.3. The molecule has 2 heterocycles. The highest BCUT2D eigenvalue weighted by atomic mass is 32.1. The largest absolute Gasteiger partial charge is 0.324 e. The van der Waals surface area contributed by atoms with Gasteiger partial charge in [0.1, 0.15) is 5.01 Å². The van der Waals surface area contributed by atoms with E-state index >= 15 is 0 Å². The summed E-state index contributed by atoms with van der Waals surface area (Å²) in [4.78, 5) is 8.17. The molecule has 0 aliphatic heterocycles. The average Bonchev–Trinajstić information content (AvgIpc) is 2.92. The second-order valence-corrected chi connectivity index (χ2v) is 4.53. The molecule has 0 saturated carbocycles. The molecule has 3 nitrogen and oxygen atoms in total. The Morgan fingerprint density at radius 3 is 2.76 bits per heavy atom. The summed E-state index contributed by atoms with van der Waals surface area (Å²) in [6.45, 7) is 0.513. The van der Waals surface area contributed by atoms with Crippen molar-refractivity contribution in [1.29, 1.82) is 0 Å². The van der Waals surface area contributed by atoms with Crippen molar-refractivity contribution < 1.29 is 8.78 Å². The van der Waals surface area contributed by atoms with Gasteiger partial charge in [-0.2, -0.15) is 0 Å². The fourth-order valence-electron chi connectivity index (χ4n) is 1.66. The van der Waals surface area contributed by atoms with E-state index in [0.717, 1.165) is 17.1 Å². The Balaban J connectivity index is 2.08. The topological polar surface area (TPSA) is 30.7 Å². The second kappa shape index (κ2) is 3.89. The van der Waals surface area contributed by atoms with Crippen LogP contribution in [0.4, 0.5) is 8.78 Å². The maximum atomic E-state index is 13.2. The van der Waals surface area contributed by atoms with E-state index in [1.54, 1.807) is 17.1 Å². The molecule has 0 aliphatic carbocycles. The van der Waals surface area contributed by atoms with E-state index in [0.29, 0.717) is 17.6 Å². The van der Waals surface area contributed by atoms with Crippen molar-refractivity contribution in [1.82, 2.24) is 14.5 Å². The number of fused-ring (bicyclic) bond motifs is 1. The Morgan fingerprint density at radius 1 is 1.18 bits per heavy atom. The zero-order valence-electron chi connectivity index (χ0n) is 8.60. The number of rotatable bonds is 2. The van der Waals surface area contributed by atoms with Crippen molar-refractivity contribution in [3.05, 3.63) is 46.7 Å². The standard InChI is InChI=1S/C11H7F2N3S/c12-7-3-9-10(4-8(7)13)16(6-15-9)5-11-14-1-2-17-11/h1-4,6H,5H2. The lowest BCUT2D eigenvalue weighted by Crippen LogP contribution is -1.97. The van der Waals surface area contributed by atoms with Crippen molar-refractivity contribution in [2.75, 3.05) is 0 Å². The molecule has 0 spiro atoms. The van der Waals surface area contributed by atoms with Crippen molar-refractivity contribution >= 4 is 22.4 Å². The van der Waals surface area contributed by atoms with Gasteiger partial charge in [-0.15, -0.1) is 11.3 Å². The molecular weight excluding hydrogens is 244 g/mol. The molecule has 3 rings (SSSR count). The highest BCUT2D eigenvalue weighted by molar-refractivity contribution is 7.09. The van der Waals surface area contributed by atoms with Gasteiger partial charge in [0, 0.05) is 23.7 Å². The number of thiazole rings is 1. The van der Waals surface area contributed by atoms with Gasteiger partial charge in [-0.25, -0.2) is 18.7 Å². The third-order valence-electron chi connectivity index (χ3n) is 2.45. The summed E-state index contributed by atoms with van der Waals surface area (Å²) in [6, 6.07) is 2.26. The molecule has 0 atom stereocenters. The molecule has 0 saturated heterocycles. The minimum absolute atomic E-state index is 0.445. The van der Waals surface area contributed by atoms with Crippen LogP contribution in [0.1, 0.15) is 5.01 Å². The second-order valence-electron chi connectivity index (χ2n) is 3.55. The molecule has 0 fully saturated rings. The van der Waals surface area contributed by atoms with Crippen molar-refractivity contribution in [3.63, 3.8) is 0 Å². The smallest absolute Gasteiger partial charge is 0.161 e. The van der Waals surface area contributed by atoms with Crippen LogP contribution >= 0.6 is 11.3 Å². The van der Waals surface area contributed by atoms with Gasteiger partial charge < -0.3 is 4.57 Å². The molecule has 0 radical (unpaired) electrons. The van der Waals surface area contributed by atoms with Crippen LogP contribution in [0.2, 0.25) is 0 Å². The average molecular weight is 251 g/mol. The number of benzene rings is 1. The summed E-state index contributed by atoms with van der Waals surface area (Å²) in [5, 5.41) is 2.77. The summed E-state index contributed by atoms with van der Waals surface area (Å²) in [5.74, 6) is -1.74. The third kappa shape index (κ3) is 1.80. The zero-order valence-corrected chi connectivity index (χ0v) is 9.42. The monoisotopic (exact) mass is 251 g/mol. The van der Waals surface area contributed by atoms with Crippen molar-refractivity contribution in [2.45, 2.75) is 6.54 Å². The van der Waals surface area contributed by atoms with E-state index < -0.39 is 11.6 Å². The summed E-state index contributed by atoms with van der Waals surface area (Å²) < 4.78 is 27.9. The molecule has 3 aromatic rings. The van der Waals surface area contributed by atoms with Gasteiger partial charge in [0.2, 0.25) is 0 Å². The molecule has 17 heavy (non-hydrogen) atoms. The zero-order chi connectivity index (χ0) is 11.8. The Bertz CT molecular complexity index is 661. The molecule has 0 aliphatic rings. The molecule has 6 heteroatoms. The number of imidazole rings is 1. The van der Waals surface area contributed by atoms with Crippen LogP contribution in [0.5, 0.6) is 0 Å². The fourth-order valence-corrected chi connectivity index (χ4v) is 2.27. The van der Waals surface area contributed by atoms with Gasteiger partial charge in [-0.3, -0.25) is 0 Å². The Morgan fingerprint density at radius 2 is 2.00 bits per heavy atom. The highest BCUT2D eigenvalue weighted by Gasteiger charge is 2.09. The maximum absolute atomic E-state index is 13.2. The van der Waals surface area contributed by atoms with Crippen LogP contribution in [0.3, 0.4) is 0 Å². The lowest BCUT2D eigenvalue weighted by molar-refractivity contribution is 0.510. The lowest BCUT2D eigenvalue weighted by Gasteiger charge is -2.01. The SMILES string of the molecule is Fc1cc2ncn(Cc3nccs3)c2cc1F. The van der Waals surface area contributed by atoms with Gasteiger partial charge >= 0.3 is 0 Å². The first-order valence-corrected chi connectivity index (χ1v) is 5.80. The number of hydrogen-bond acceptors (Lipinski definition) is 3. The van der Waals surface area contributed by atoms with Crippen LogP contribution in [0, 0.1) is 11.6 Å². The molecular formula is C11H7F2N3S. The summed E-state index contributed by atoms with van der Waals surface area (Å²) >= 11 is 1.51. The normalized spacial score (nSPS) is 11.2. The lowest BCUT2D eigenvalue weighted by atomic mass is 10.3. The summed E-state index contributed by atoms with van der Waals surface area (Å²) in [5.41, 5.74) is 1.01. The third-order valence-corrected chi connectivity index (χ3v) is 3.22.